The number of hydrogen-bond donors (Lipinski definition) is 0. The summed E-state index contributed by atoms with van der Waals surface area (Å²) in [6, 6.07) is 20.0. The maximum Gasteiger partial charge on any atom is 0.167 e. The van der Waals surface area contributed by atoms with Crippen LogP contribution in [-0.2, 0) is 19.4 Å². The number of benzene rings is 4. The summed E-state index contributed by atoms with van der Waals surface area (Å²) in [7, 11) is 0. The average Bonchev–Trinajstić information content (AvgIpc) is 2.91. The zero-order chi connectivity index (χ0) is 25.7. The highest BCUT2D eigenvalue weighted by Crippen LogP contribution is 2.30. The van der Waals surface area contributed by atoms with Gasteiger partial charge in [-0.05, 0) is 53.6 Å². The number of hydrogen-bond acceptors (Lipinski definition) is 1. The lowest BCUT2D eigenvalue weighted by Crippen LogP contribution is -2.02. The molecule has 1 nitrogen and oxygen atoms in total. The Morgan fingerprint density at radius 2 is 1.11 bits per heavy atom. The molecule has 0 N–H and O–H groups in total. The molecule has 0 radical (unpaired) electrons. The molecule has 4 aromatic carbocycles. The molecule has 0 heterocycles. The van der Waals surface area contributed by atoms with Gasteiger partial charge in [0, 0.05) is 16.7 Å². The first kappa shape index (κ1) is 25.5. The standard InChI is InChI=1S/C31H28F4O/c1-3-5-6-23-13-17-26(30(34)28(23)32)22-11-15-25(16-12-22)36-19-24-14-18-27(31(35)29(24)33)21-9-7-20(4-2)8-10-21/h7-18H,3-6,19H2,1-2H3. The van der Waals surface area contributed by atoms with Crippen molar-refractivity contribution < 1.29 is 22.3 Å². The number of ether oxygens (including phenoxy) is 1. The van der Waals surface area contributed by atoms with Crippen molar-refractivity contribution in [3.8, 4) is 28.0 Å². The van der Waals surface area contributed by atoms with Gasteiger partial charge >= 0.3 is 0 Å². The van der Waals surface area contributed by atoms with Crippen molar-refractivity contribution in [2.24, 2.45) is 0 Å². The van der Waals surface area contributed by atoms with Gasteiger partial charge in [0.25, 0.3) is 0 Å². The smallest absolute Gasteiger partial charge is 0.167 e. The van der Waals surface area contributed by atoms with E-state index in [-0.39, 0.29) is 23.3 Å². The second kappa shape index (κ2) is 11.4. The average molecular weight is 493 g/mol. The SMILES string of the molecule is CCCCc1ccc(-c2ccc(OCc3ccc(-c4ccc(CC)cc4)c(F)c3F)cc2)c(F)c1F. The van der Waals surface area contributed by atoms with Crippen molar-refractivity contribution in [1.82, 2.24) is 0 Å². The maximum atomic E-state index is 14.8. The van der Waals surface area contributed by atoms with Crippen molar-refractivity contribution in [2.45, 2.75) is 46.1 Å². The van der Waals surface area contributed by atoms with Crippen LogP contribution in [0.2, 0.25) is 0 Å². The molecule has 0 aromatic heterocycles. The minimum Gasteiger partial charge on any atom is -0.489 e. The molecule has 0 saturated heterocycles. The van der Waals surface area contributed by atoms with Crippen LogP contribution in [0.4, 0.5) is 17.6 Å². The second-order valence-electron chi connectivity index (χ2n) is 8.77. The van der Waals surface area contributed by atoms with Gasteiger partial charge < -0.3 is 4.74 Å². The van der Waals surface area contributed by atoms with Gasteiger partial charge in [-0.2, -0.15) is 0 Å². The van der Waals surface area contributed by atoms with E-state index in [1.54, 1.807) is 54.6 Å². The summed E-state index contributed by atoms with van der Waals surface area (Å²) in [6.45, 7) is 3.85. The van der Waals surface area contributed by atoms with Crippen LogP contribution in [0.5, 0.6) is 5.75 Å². The van der Waals surface area contributed by atoms with E-state index in [2.05, 4.69) is 0 Å². The third-order valence-electron chi connectivity index (χ3n) is 6.36. The van der Waals surface area contributed by atoms with Crippen LogP contribution < -0.4 is 4.74 Å². The van der Waals surface area contributed by atoms with Crippen molar-refractivity contribution in [3.63, 3.8) is 0 Å². The van der Waals surface area contributed by atoms with Crippen LogP contribution in [0.25, 0.3) is 22.3 Å². The van der Waals surface area contributed by atoms with E-state index < -0.39 is 23.3 Å². The van der Waals surface area contributed by atoms with E-state index in [9.17, 15) is 17.6 Å². The van der Waals surface area contributed by atoms with Crippen LogP contribution in [-0.4, -0.2) is 0 Å². The van der Waals surface area contributed by atoms with E-state index in [1.807, 2.05) is 26.0 Å². The van der Waals surface area contributed by atoms with Gasteiger partial charge in [0.1, 0.15) is 12.4 Å². The minimum atomic E-state index is -0.954. The van der Waals surface area contributed by atoms with Gasteiger partial charge in [0.15, 0.2) is 23.3 Å². The van der Waals surface area contributed by atoms with Crippen molar-refractivity contribution in [1.29, 1.82) is 0 Å². The summed E-state index contributed by atoms with van der Waals surface area (Å²) in [6.07, 6.45) is 3.06. The largest absolute Gasteiger partial charge is 0.489 e. The predicted octanol–water partition coefficient (Wildman–Crippen LogP) is 9.06. The normalized spacial score (nSPS) is 11.1. The van der Waals surface area contributed by atoms with Crippen molar-refractivity contribution in [3.05, 3.63) is 113 Å². The van der Waals surface area contributed by atoms with E-state index >= 15 is 0 Å². The fourth-order valence-electron chi connectivity index (χ4n) is 4.11. The molecular weight excluding hydrogens is 464 g/mol. The van der Waals surface area contributed by atoms with Gasteiger partial charge in [-0.15, -0.1) is 0 Å². The molecule has 186 valence electrons. The summed E-state index contributed by atoms with van der Waals surface area (Å²) in [5, 5.41) is 0. The van der Waals surface area contributed by atoms with Crippen LogP contribution in [0.1, 0.15) is 43.4 Å². The van der Waals surface area contributed by atoms with E-state index in [0.717, 1.165) is 24.8 Å². The monoisotopic (exact) mass is 492 g/mol. The Labute approximate surface area is 209 Å². The lowest BCUT2D eigenvalue weighted by Gasteiger charge is -2.12. The Balaban J connectivity index is 1.46. The van der Waals surface area contributed by atoms with E-state index in [0.29, 0.717) is 28.9 Å². The lowest BCUT2D eigenvalue weighted by atomic mass is 10.00. The van der Waals surface area contributed by atoms with Gasteiger partial charge in [0.05, 0.1) is 0 Å². The maximum absolute atomic E-state index is 14.8. The zero-order valence-corrected chi connectivity index (χ0v) is 20.4. The third-order valence-corrected chi connectivity index (χ3v) is 6.36. The highest BCUT2D eigenvalue weighted by Gasteiger charge is 2.16. The number of unbranched alkanes of at least 4 members (excludes halogenated alkanes) is 1. The molecule has 0 fully saturated rings. The third kappa shape index (κ3) is 5.46. The van der Waals surface area contributed by atoms with E-state index in [1.165, 1.54) is 6.07 Å². The molecule has 0 spiro atoms. The van der Waals surface area contributed by atoms with Crippen LogP contribution in [0.15, 0.2) is 72.8 Å². The summed E-state index contributed by atoms with van der Waals surface area (Å²) in [5.41, 5.74) is 3.03. The van der Waals surface area contributed by atoms with Crippen LogP contribution in [0.3, 0.4) is 0 Å². The quantitative estimate of drug-likeness (QED) is 0.212. The zero-order valence-electron chi connectivity index (χ0n) is 20.4. The summed E-state index contributed by atoms with van der Waals surface area (Å²) in [5.74, 6) is -3.17. The predicted molar refractivity (Wildman–Crippen MR) is 136 cm³/mol. The second-order valence-corrected chi connectivity index (χ2v) is 8.77. The Kier molecular flexibility index (Phi) is 8.09. The fraction of sp³-hybridized carbons (Fsp3) is 0.226. The summed E-state index contributed by atoms with van der Waals surface area (Å²) in [4.78, 5) is 0. The van der Waals surface area contributed by atoms with Crippen molar-refractivity contribution >= 4 is 0 Å². The molecule has 0 aliphatic carbocycles. The molecular formula is C31H28F4O. The first-order valence-electron chi connectivity index (χ1n) is 12.2. The lowest BCUT2D eigenvalue weighted by molar-refractivity contribution is 0.297. The Morgan fingerprint density at radius 1 is 0.583 bits per heavy atom. The molecule has 0 aliphatic heterocycles. The summed E-state index contributed by atoms with van der Waals surface area (Å²) < 4.78 is 64.2. The van der Waals surface area contributed by atoms with Gasteiger partial charge in [-0.1, -0.05) is 80.9 Å². The Morgan fingerprint density at radius 3 is 1.67 bits per heavy atom. The fourth-order valence-corrected chi connectivity index (χ4v) is 4.11. The number of rotatable bonds is 9. The summed E-state index contributed by atoms with van der Waals surface area (Å²) >= 11 is 0. The molecule has 36 heavy (non-hydrogen) atoms. The molecule has 4 aromatic rings. The highest BCUT2D eigenvalue weighted by molar-refractivity contribution is 5.66. The van der Waals surface area contributed by atoms with Crippen LogP contribution in [0, 0.1) is 23.3 Å². The first-order valence-corrected chi connectivity index (χ1v) is 12.2. The number of halogens is 4. The van der Waals surface area contributed by atoms with Gasteiger partial charge in [-0.3, -0.25) is 0 Å². The van der Waals surface area contributed by atoms with Crippen molar-refractivity contribution in [2.75, 3.05) is 0 Å². The molecule has 0 unspecified atom stereocenters. The Bertz CT molecular complexity index is 1330. The molecule has 5 heteroatoms. The van der Waals surface area contributed by atoms with Gasteiger partial charge in [-0.25, -0.2) is 17.6 Å². The first-order chi connectivity index (χ1) is 17.4. The topological polar surface area (TPSA) is 9.23 Å². The molecule has 0 aliphatic rings. The van der Waals surface area contributed by atoms with E-state index in [4.69, 9.17) is 4.74 Å². The highest BCUT2D eigenvalue weighted by atomic mass is 19.2. The number of aryl methyl sites for hydroxylation is 2. The molecule has 0 amide bonds. The van der Waals surface area contributed by atoms with Crippen LogP contribution >= 0.6 is 0 Å². The molecule has 0 saturated carbocycles. The van der Waals surface area contributed by atoms with Gasteiger partial charge in [0.2, 0.25) is 0 Å². The Hall–Kier alpha value is -3.60. The molecule has 4 rings (SSSR count). The molecule has 0 atom stereocenters. The molecule has 0 bridgehead atoms. The minimum absolute atomic E-state index is 0.0845.